The number of thiophene rings is 1. The van der Waals surface area contributed by atoms with Crippen molar-refractivity contribution in [2.75, 3.05) is 7.05 Å². The highest BCUT2D eigenvalue weighted by molar-refractivity contribution is 7.17. The lowest BCUT2D eigenvalue weighted by atomic mass is 10.2. The van der Waals surface area contributed by atoms with E-state index in [1.807, 2.05) is 18.4 Å². The van der Waals surface area contributed by atoms with E-state index in [0.717, 1.165) is 6.54 Å². The average molecular weight is 177 g/mol. The Morgan fingerprint density at radius 3 is 3.00 bits per heavy atom. The minimum Gasteiger partial charge on any atom is -0.316 e. The van der Waals surface area contributed by atoms with Gasteiger partial charge in [-0.25, -0.2) is 0 Å². The zero-order chi connectivity index (χ0) is 8.39. The van der Waals surface area contributed by atoms with Gasteiger partial charge in [0.2, 0.25) is 0 Å². The van der Waals surface area contributed by atoms with Crippen LogP contribution in [0.1, 0.15) is 5.56 Å². The highest BCUT2D eigenvalue weighted by Crippen LogP contribution is 2.25. The summed E-state index contributed by atoms with van der Waals surface area (Å²) < 4.78 is 1.38. The van der Waals surface area contributed by atoms with E-state index in [2.05, 4.69) is 35.0 Å². The topological polar surface area (TPSA) is 12.0 Å². The van der Waals surface area contributed by atoms with Crippen molar-refractivity contribution in [3.8, 4) is 0 Å². The monoisotopic (exact) mass is 177 g/mol. The maximum atomic E-state index is 3.17. The maximum Gasteiger partial charge on any atom is 0.0346 e. The van der Waals surface area contributed by atoms with Gasteiger partial charge in [-0.1, -0.05) is 18.2 Å². The van der Waals surface area contributed by atoms with Crippen molar-refractivity contribution in [3.63, 3.8) is 0 Å². The van der Waals surface area contributed by atoms with Crippen molar-refractivity contribution in [1.82, 2.24) is 5.32 Å². The number of rotatable bonds is 2. The number of fused-ring (bicyclic) bond motifs is 1. The van der Waals surface area contributed by atoms with E-state index in [9.17, 15) is 0 Å². The quantitative estimate of drug-likeness (QED) is 0.743. The molecule has 0 amide bonds. The minimum atomic E-state index is 0.962. The van der Waals surface area contributed by atoms with Crippen molar-refractivity contribution >= 4 is 21.4 Å². The number of nitrogens with one attached hydrogen (secondary N) is 1. The first-order valence-corrected chi connectivity index (χ1v) is 4.89. The Morgan fingerprint density at radius 2 is 2.17 bits per heavy atom. The molecular formula is C10H11NS. The van der Waals surface area contributed by atoms with E-state index in [-0.39, 0.29) is 0 Å². The number of hydrogen-bond acceptors (Lipinski definition) is 2. The van der Waals surface area contributed by atoms with E-state index < -0.39 is 0 Å². The Hall–Kier alpha value is -0.860. The molecule has 1 heterocycles. The lowest BCUT2D eigenvalue weighted by Gasteiger charge is -1.95. The standard InChI is InChI=1S/C10H11NS/c1-11-6-8-7-12-10-5-3-2-4-9(8)10/h2-5,7,11H,6H2,1H3. The van der Waals surface area contributed by atoms with Crippen LogP contribution in [0.2, 0.25) is 0 Å². The predicted octanol–water partition coefficient (Wildman–Crippen LogP) is 2.62. The molecule has 1 N–H and O–H groups in total. The molecule has 0 unspecified atom stereocenters. The molecule has 1 nitrogen and oxygen atoms in total. The molecule has 0 saturated heterocycles. The van der Waals surface area contributed by atoms with E-state index in [4.69, 9.17) is 0 Å². The molecule has 0 atom stereocenters. The van der Waals surface area contributed by atoms with Crippen LogP contribution in [0, 0.1) is 0 Å². The molecule has 12 heavy (non-hydrogen) atoms. The van der Waals surface area contributed by atoms with Gasteiger partial charge in [-0.15, -0.1) is 11.3 Å². The molecule has 0 aliphatic carbocycles. The fraction of sp³-hybridized carbons (Fsp3) is 0.200. The third-order valence-corrected chi connectivity index (χ3v) is 2.94. The first-order valence-electron chi connectivity index (χ1n) is 4.01. The van der Waals surface area contributed by atoms with Gasteiger partial charge >= 0.3 is 0 Å². The Bertz CT molecular complexity index is 378. The van der Waals surface area contributed by atoms with Crippen molar-refractivity contribution in [1.29, 1.82) is 0 Å². The molecular weight excluding hydrogens is 166 g/mol. The number of benzene rings is 1. The largest absolute Gasteiger partial charge is 0.316 e. The molecule has 0 spiro atoms. The zero-order valence-electron chi connectivity index (χ0n) is 7.00. The zero-order valence-corrected chi connectivity index (χ0v) is 7.82. The fourth-order valence-corrected chi connectivity index (χ4v) is 2.32. The normalized spacial score (nSPS) is 10.8. The predicted molar refractivity (Wildman–Crippen MR) is 54.6 cm³/mol. The van der Waals surface area contributed by atoms with Crippen molar-refractivity contribution in [2.24, 2.45) is 0 Å². The van der Waals surface area contributed by atoms with Gasteiger partial charge in [0.05, 0.1) is 0 Å². The van der Waals surface area contributed by atoms with Gasteiger partial charge in [-0.2, -0.15) is 0 Å². The molecule has 2 heteroatoms. The highest BCUT2D eigenvalue weighted by Gasteiger charge is 2.00. The summed E-state index contributed by atoms with van der Waals surface area (Å²) in [5, 5.41) is 6.78. The summed E-state index contributed by atoms with van der Waals surface area (Å²) in [6.45, 7) is 0.962. The Balaban J connectivity index is 2.55. The summed E-state index contributed by atoms with van der Waals surface area (Å²) in [4.78, 5) is 0. The summed E-state index contributed by atoms with van der Waals surface area (Å²) >= 11 is 1.81. The van der Waals surface area contributed by atoms with E-state index in [0.29, 0.717) is 0 Å². The van der Waals surface area contributed by atoms with Crippen LogP contribution >= 0.6 is 11.3 Å². The fourth-order valence-electron chi connectivity index (χ4n) is 1.36. The average Bonchev–Trinajstić information content (AvgIpc) is 2.50. The summed E-state index contributed by atoms with van der Waals surface area (Å²) in [7, 11) is 1.98. The highest BCUT2D eigenvalue weighted by atomic mass is 32.1. The first-order chi connectivity index (χ1) is 5.92. The van der Waals surface area contributed by atoms with Crippen LogP contribution in [-0.2, 0) is 6.54 Å². The van der Waals surface area contributed by atoms with Gasteiger partial charge in [0.1, 0.15) is 0 Å². The van der Waals surface area contributed by atoms with Crippen LogP contribution in [0.3, 0.4) is 0 Å². The molecule has 0 saturated carbocycles. The summed E-state index contributed by atoms with van der Waals surface area (Å²) in [6.07, 6.45) is 0. The summed E-state index contributed by atoms with van der Waals surface area (Å²) in [5.41, 5.74) is 1.40. The maximum absolute atomic E-state index is 3.17. The third-order valence-electron chi connectivity index (χ3n) is 1.93. The van der Waals surface area contributed by atoms with E-state index >= 15 is 0 Å². The van der Waals surface area contributed by atoms with Crippen LogP contribution in [0.25, 0.3) is 10.1 Å². The second kappa shape index (κ2) is 3.25. The second-order valence-corrected chi connectivity index (χ2v) is 3.70. The van der Waals surface area contributed by atoms with Gasteiger partial charge in [0, 0.05) is 11.2 Å². The van der Waals surface area contributed by atoms with Crippen molar-refractivity contribution in [3.05, 3.63) is 35.2 Å². The van der Waals surface area contributed by atoms with Gasteiger partial charge in [-0.3, -0.25) is 0 Å². The van der Waals surface area contributed by atoms with Crippen LogP contribution in [0.4, 0.5) is 0 Å². The van der Waals surface area contributed by atoms with E-state index in [1.54, 1.807) is 0 Å². The van der Waals surface area contributed by atoms with Gasteiger partial charge in [0.15, 0.2) is 0 Å². The smallest absolute Gasteiger partial charge is 0.0346 e. The summed E-state index contributed by atoms with van der Waals surface area (Å²) in [5.74, 6) is 0. The molecule has 2 aromatic rings. The Morgan fingerprint density at radius 1 is 1.33 bits per heavy atom. The third kappa shape index (κ3) is 1.24. The molecule has 0 radical (unpaired) electrons. The molecule has 0 aliphatic rings. The van der Waals surface area contributed by atoms with Crippen LogP contribution in [-0.4, -0.2) is 7.05 Å². The lowest BCUT2D eigenvalue weighted by Crippen LogP contribution is -2.03. The van der Waals surface area contributed by atoms with Crippen LogP contribution in [0.5, 0.6) is 0 Å². The second-order valence-electron chi connectivity index (χ2n) is 2.79. The molecule has 0 bridgehead atoms. The minimum absolute atomic E-state index is 0.962. The lowest BCUT2D eigenvalue weighted by molar-refractivity contribution is 0.826. The van der Waals surface area contributed by atoms with Crippen molar-refractivity contribution < 1.29 is 0 Å². The molecule has 0 aliphatic heterocycles. The molecule has 62 valence electrons. The Labute approximate surface area is 76.0 Å². The first kappa shape index (κ1) is 7.77. The van der Waals surface area contributed by atoms with Crippen molar-refractivity contribution in [2.45, 2.75) is 6.54 Å². The van der Waals surface area contributed by atoms with Gasteiger partial charge in [-0.05, 0) is 29.4 Å². The van der Waals surface area contributed by atoms with Crippen LogP contribution < -0.4 is 5.32 Å². The molecule has 2 rings (SSSR count). The molecule has 1 aromatic carbocycles. The Kier molecular flexibility index (Phi) is 2.11. The molecule has 0 fully saturated rings. The molecule has 1 aromatic heterocycles. The van der Waals surface area contributed by atoms with E-state index in [1.165, 1.54) is 15.6 Å². The van der Waals surface area contributed by atoms with Gasteiger partial charge in [0.25, 0.3) is 0 Å². The van der Waals surface area contributed by atoms with Gasteiger partial charge < -0.3 is 5.32 Å². The van der Waals surface area contributed by atoms with Crippen LogP contribution in [0.15, 0.2) is 29.6 Å². The summed E-state index contributed by atoms with van der Waals surface area (Å²) in [6, 6.07) is 8.52. The SMILES string of the molecule is CNCc1csc2ccccc12. The number of hydrogen-bond donors (Lipinski definition) is 1.